The third-order valence-corrected chi connectivity index (χ3v) is 2.72. The van der Waals surface area contributed by atoms with Crippen molar-refractivity contribution in [2.75, 3.05) is 26.2 Å². The maximum Gasteiger partial charge on any atom is 0.308 e. The van der Waals surface area contributed by atoms with E-state index in [-0.39, 0.29) is 18.4 Å². The molecule has 5 heteroatoms. The molecule has 0 saturated carbocycles. The smallest absolute Gasteiger partial charge is 0.308 e. The van der Waals surface area contributed by atoms with E-state index in [2.05, 4.69) is 4.90 Å². The summed E-state index contributed by atoms with van der Waals surface area (Å²) in [6.45, 7) is 4.38. The van der Waals surface area contributed by atoms with Gasteiger partial charge in [0.05, 0.1) is 19.1 Å². The van der Waals surface area contributed by atoms with Gasteiger partial charge in [-0.1, -0.05) is 0 Å². The van der Waals surface area contributed by atoms with E-state index < -0.39 is 6.10 Å². The molecule has 0 amide bonds. The zero-order chi connectivity index (χ0) is 12.0. The summed E-state index contributed by atoms with van der Waals surface area (Å²) in [4.78, 5) is 13.2. The van der Waals surface area contributed by atoms with Crippen molar-refractivity contribution in [3.05, 3.63) is 0 Å². The number of aliphatic hydroxyl groups excluding tert-OH is 1. The Morgan fingerprint density at radius 3 is 3.06 bits per heavy atom. The Hall–Kier alpha value is -0.650. The standard InChI is InChI=1S/C11H22N2O3/c1-2-16-11(15)6-10(14)8-13-5-3-4-9(12)7-13/h9-10,14H,2-8,12H2,1H3. The van der Waals surface area contributed by atoms with Crippen molar-refractivity contribution in [1.29, 1.82) is 0 Å². The predicted octanol–water partition coefficient (Wildman–Crippen LogP) is -0.276. The SMILES string of the molecule is CCOC(=O)CC(O)CN1CCCC(N)C1. The van der Waals surface area contributed by atoms with Crippen LogP contribution in [0.4, 0.5) is 0 Å². The molecule has 0 spiro atoms. The fourth-order valence-corrected chi connectivity index (χ4v) is 2.03. The molecule has 16 heavy (non-hydrogen) atoms. The Morgan fingerprint density at radius 2 is 2.44 bits per heavy atom. The van der Waals surface area contributed by atoms with Gasteiger partial charge in [-0.15, -0.1) is 0 Å². The van der Waals surface area contributed by atoms with E-state index in [1.807, 2.05) is 0 Å². The number of carbonyl (C=O) groups excluding carboxylic acids is 1. The molecule has 0 aromatic carbocycles. The van der Waals surface area contributed by atoms with Crippen LogP contribution in [-0.2, 0) is 9.53 Å². The highest BCUT2D eigenvalue weighted by atomic mass is 16.5. The highest BCUT2D eigenvalue weighted by Gasteiger charge is 2.20. The molecule has 1 saturated heterocycles. The van der Waals surface area contributed by atoms with E-state index in [0.29, 0.717) is 13.2 Å². The molecular formula is C11H22N2O3. The predicted molar refractivity (Wildman–Crippen MR) is 60.9 cm³/mol. The summed E-state index contributed by atoms with van der Waals surface area (Å²) in [5.74, 6) is -0.337. The lowest BCUT2D eigenvalue weighted by molar-refractivity contribution is -0.145. The number of piperidine rings is 1. The van der Waals surface area contributed by atoms with E-state index >= 15 is 0 Å². The quantitative estimate of drug-likeness (QED) is 0.636. The van der Waals surface area contributed by atoms with Gasteiger partial charge >= 0.3 is 5.97 Å². The molecule has 1 fully saturated rings. The lowest BCUT2D eigenvalue weighted by Crippen LogP contribution is -2.45. The summed E-state index contributed by atoms with van der Waals surface area (Å²) in [7, 11) is 0. The van der Waals surface area contributed by atoms with Crippen molar-refractivity contribution in [1.82, 2.24) is 4.90 Å². The van der Waals surface area contributed by atoms with Crippen LogP contribution in [0.5, 0.6) is 0 Å². The molecule has 1 aliphatic rings. The first-order chi connectivity index (χ1) is 7.61. The molecule has 2 atom stereocenters. The molecule has 0 bridgehead atoms. The average molecular weight is 230 g/mol. The van der Waals surface area contributed by atoms with Gasteiger partial charge < -0.3 is 15.6 Å². The Labute approximate surface area is 96.6 Å². The van der Waals surface area contributed by atoms with E-state index in [1.54, 1.807) is 6.92 Å². The van der Waals surface area contributed by atoms with Crippen LogP contribution < -0.4 is 5.73 Å². The number of nitrogens with two attached hydrogens (primary N) is 1. The van der Waals surface area contributed by atoms with Crippen LogP contribution >= 0.6 is 0 Å². The van der Waals surface area contributed by atoms with Gasteiger partial charge in [0.15, 0.2) is 0 Å². The lowest BCUT2D eigenvalue weighted by Gasteiger charge is -2.31. The van der Waals surface area contributed by atoms with Crippen molar-refractivity contribution in [2.24, 2.45) is 5.73 Å². The number of aliphatic hydroxyl groups is 1. The zero-order valence-electron chi connectivity index (χ0n) is 9.89. The second kappa shape index (κ2) is 6.83. The molecule has 5 nitrogen and oxygen atoms in total. The van der Waals surface area contributed by atoms with Crippen molar-refractivity contribution in [3.8, 4) is 0 Å². The first-order valence-corrected chi connectivity index (χ1v) is 5.93. The number of likely N-dealkylation sites (tertiary alicyclic amines) is 1. The van der Waals surface area contributed by atoms with Gasteiger partial charge in [-0.25, -0.2) is 0 Å². The first kappa shape index (κ1) is 13.4. The highest BCUT2D eigenvalue weighted by Crippen LogP contribution is 2.09. The summed E-state index contributed by atoms with van der Waals surface area (Å²) >= 11 is 0. The van der Waals surface area contributed by atoms with E-state index in [9.17, 15) is 9.90 Å². The molecule has 1 rings (SSSR count). The van der Waals surface area contributed by atoms with Crippen molar-refractivity contribution >= 4 is 5.97 Å². The fourth-order valence-electron chi connectivity index (χ4n) is 2.03. The number of hydrogen-bond acceptors (Lipinski definition) is 5. The minimum Gasteiger partial charge on any atom is -0.466 e. The summed E-state index contributed by atoms with van der Waals surface area (Å²) in [5, 5.41) is 9.70. The van der Waals surface area contributed by atoms with Gasteiger partial charge in [-0.05, 0) is 26.3 Å². The normalized spacial score (nSPS) is 24.1. The van der Waals surface area contributed by atoms with E-state index in [0.717, 1.165) is 25.9 Å². The van der Waals surface area contributed by atoms with Gasteiger partial charge in [-0.2, -0.15) is 0 Å². The maximum absolute atomic E-state index is 11.1. The van der Waals surface area contributed by atoms with Gasteiger partial charge in [0.1, 0.15) is 0 Å². The summed E-state index contributed by atoms with van der Waals surface area (Å²) < 4.78 is 4.78. The molecule has 0 aliphatic carbocycles. The van der Waals surface area contributed by atoms with Gasteiger partial charge in [0.2, 0.25) is 0 Å². The van der Waals surface area contributed by atoms with Crippen LogP contribution in [0.15, 0.2) is 0 Å². The summed E-state index contributed by atoms with van der Waals surface area (Å²) in [5.41, 5.74) is 5.83. The van der Waals surface area contributed by atoms with Crippen molar-refractivity contribution < 1.29 is 14.6 Å². The van der Waals surface area contributed by atoms with Crippen molar-refractivity contribution in [2.45, 2.75) is 38.3 Å². The molecular weight excluding hydrogens is 208 g/mol. The first-order valence-electron chi connectivity index (χ1n) is 5.93. The number of rotatable bonds is 5. The fraction of sp³-hybridized carbons (Fsp3) is 0.909. The van der Waals surface area contributed by atoms with Crippen LogP contribution in [-0.4, -0.2) is 54.4 Å². The monoisotopic (exact) mass is 230 g/mol. The molecule has 0 aromatic rings. The Kier molecular flexibility index (Phi) is 5.73. The second-order valence-corrected chi connectivity index (χ2v) is 4.32. The molecule has 94 valence electrons. The van der Waals surface area contributed by atoms with E-state index in [4.69, 9.17) is 10.5 Å². The third-order valence-electron chi connectivity index (χ3n) is 2.72. The molecule has 0 radical (unpaired) electrons. The molecule has 3 N–H and O–H groups in total. The van der Waals surface area contributed by atoms with Crippen LogP contribution in [0, 0.1) is 0 Å². The maximum atomic E-state index is 11.1. The minimum absolute atomic E-state index is 0.0690. The Morgan fingerprint density at radius 1 is 1.69 bits per heavy atom. The topological polar surface area (TPSA) is 75.8 Å². The summed E-state index contributed by atoms with van der Waals surface area (Å²) in [6.07, 6.45) is 1.53. The number of β-amino-alcohol motifs (C(OH)–C–C–N with tert-alkyl or cyclic N) is 1. The number of esters is 1. The third kappa shape index (κ3) is 4.92. The van der Waals surface area contributed by atoms with Crippen LogP contribution in [0.3, 0.4) is 0 Å². The number of hydrogen-bond donors (Lipinski definition) is 2. The van der Waals surface area contributed by atoms with Crippen molar-refractivity contribution in [3.63, 3.8) is 0 Å². The second-order valence-electron chi connectivity index (χ2n) is 4.32. The van der Waals surface area contributed by atoms with E-state index in [1.165, 1.54) is 0 Å². The number of carbonyl (C=O) groups is 1. The minimum atomic E-state index is -0.649. The number of ether oxygens (including phenoxy) is 1. The molecule has 1 heterocycles. The lowest BCUT2D eigenvalue weighted by atomic mass is 10.1. The van der Waals surface area contributed by atoms with Gasteiger partial charge in [0, 0.05) is 19.1 Å². The largest absolute Gasteiger partial charge is 0.466 e. The van der Waals surface area contributed by atoms with Crippen LogP contribution in [0.1, 0.15) is 26.2 Å². The zero-order valence-corrected chi connectivity index (χ0v) is 9.89. The number of nitrogens with zero attached hydrogens (tertiary/aromatic N) is 1. The van der Waals surface area contributed by atoms with Crippen LogP contribution in [0.2, 0.25) is 0 Å². The molecule has 1 aliphatic heterocycles. The van der Waals surface area contributed by atoms with Crippen LogP contribution in [0.25, 0.3) is 0 Å². The summed E-state index contributed by atoms with van der Waals surface area (Å²) in [6, 6.07) is 0.198. The average Bonchev–Trinajstić information content (AvgIpc) is 2.17. The molecule has 2 unspecified atom stereocenters. The Balaban J connectivity index is 2.22. The van der Waals surface area contributed by atoms with Gasteiger partial charge in [-0.3, -0.25) is 9.69 Å². The Bertz CT molecular complexity index is 223. The van der Waals surface area contributed by atoms with Gasteiger partial charge in [0.25, 0.3) is 0 Å². The molecule has 0 aromatic heterocycles. The highest BCUT2D eigenvalue weighted by molar-refractivity contribution is 5.69.